The summed E-state index contributed by atoms with van der Waals surface area (Å²) in [5, 5.41) is 3.59. The van der Waals surface area contributed by atoms with E-state index in [4.69, 9.17) is 11.6 Å². The highest BCUT2D eigenvalue weighted by Crippen LogP contribution is 2.39. The van der Waals surface area contributed by atoms with Crippen molar-refractivity contribution in [2.24, 2.45) is 0 Å². The van der Waals surface area contributed by atoms with Gasteiger partial charge in [0.15, 0.2) is 0 Å². The number of hydrogen-bond acceptors (Lipinski definition) is 2. The lowest BCUT2D eigenvalue weighted by molar-refractivity contribution is 0.157. The van der Waals surface area contributed by atoms with Crippen molar-refractivity contribution >= 4 is 38.9 Å². The summed E-state index contributed by atoms with van der Waals surface area (Å²) >= 11 is 10.7. The Bertz CT molecular complexity index is 302. The second-order valence-corrected chi connectivity index (χ2v) is 6.37. The Labute approximate surface area is 101 Å². The molecule has 0 aliphatic rings. The first kappa shape index (κ1) is 12.4. The largest absolute Gasteiger partial charge is 0.310 e. The average Bonchev–Trinajstić information content (AvgIpc) is 2.30. The fourth-order valence-corrected chi connectivity index (χ4v) is 3.36. The smallest absolute Gasteiger partial charge is 0.125 e. The molecule has 0 amide bonds. The third kappa shape index (κ3) is 2.69. The SMILES string of the molecule is CNC(c1cc(Cl)c(Br)s1)C(C)(C)F. The minimum atomic E-state index is -1.30. The van der Waals surface area contributed by atoms with E-state index in [0.29, 0.717) is 5.02 Å². The standard InChI is InChI=1S/C9H12BrClFNS/c1-9(2,12)7(13-3)6-4-5(11)8(10)14-6/h4,7,13H,1-3H3. The zero-order valence-electron chi connectivity index (χ0n) is 8.20. The van der Waals surface area contributed by atoms with Gasteiger partial charge in [0.05, 0.1) is 14.9 Å². The normalized spacial score (nSPS) is 14.4. The first-order valence-electron chi connectivity index (χ1n) is 4.17. The zero-order chi connectivity index (χ0) is 10.9. The summed E-state index contributed by atoms with van der Waals surface area (Å²) in [4.78, 5) is 0.900. The van der Waals surface area contributed by atoms with E-state index in [1.807, 2.05) is 0 Å². The van der Waals surface area contributed by atoms with Crippen LogP contribution in [-0.2, 0) is 0 Å². The van der Waals surface area contributed by atoms with E-state index in [-0.39, 0.29) is 6.04 Å². The molecule has 0 spiro atoms. The lowest BCUT2D eigenvalue weighted by atomic mass is 10.00. The molecule has 0 radical (unpaired) electrons. The lowest BCUT2D eigenvalue weighted by Crippen LogP contribution is -2.33. The molecule has 1 N–H and O–H groups in total. The quantitative estimate of drug-likeness (QED) is 0.883. The molecule has 1 unspecified atom stereocenters. The van der Waals surface area contributed by atoms with Crippen molar-refractivity contribution in [3.05, 3.63) is 19.8 Å². The van der Waals surface area contributed by atoms with Crippen molar-refractivity contribution < 1.29 is 4.39 Å². The maximum absolute atomic E-state index is 13.8. The second kappa shape index (κ2) is 4.47. The highest BCUT2D eigenvalue weighted by atomic mass is 79.9. The van der Waals surface area contributed by atoms with Crippen molar-refractivity contribution in [1.82, 2.24) is 5.32 Å². The van der Waals surface area contributed by atoms with Crippen LogP contribution in [0, 0.1) is 0 Å². The maximum Gasteiger partial charge on any atom is 0.125 e. The molecule has 0 saturated heterocycles. The molecule has 0 aliphatic carbocycles. The minimum Gasteiger partial charge on any atom is -0.310 e. The van der Waals surface area contributed by atoms with Crippen molar-refractivity contribution in [3.8, 4) is 0 Å². The van der Waals surface area contributed by atoms with Gasteiger partial charge in [-0.05, 0) is 42.9 Å². The highest BCUT2D eigenvalue weighted by Gasteiger charge is 2.30. The molecule has 1 rings (SSSR count). The van der Waals surface area contributed by atoms with Crippen LogP contribution < -0.4 is 5.32 Å². The van der Waals surface area contributed by atoms with Crippen molar-refractivity contribution in [2.75, 3.05) is 7.05 Å². The summed E-state index contributed by atoms with van der Waals surface area (Å²) < 4.78 is 14.6. The summed E-state index contributed by atoms with van der Waals surface area (Å²) in [5.41, 5.74) is -1.30. The summed E-state index contributed by atoms with van der Waals surface area (Å²) in [6.07, 6.45) is 0. The molecule has 0 saturated carbocycles. The third-order valence-corrected chi connectivity index (χ3v) is 4.46. The van der Waals surface area contributed by atoms with E-state index in [9.17, 15) is 4.39 Å². The van der Waals surface area contributed by atoms with E-state index >= 15 is 0 Å². The molecular formula is C9H12BrClFNS. The van der Waals surface area contributed by atoms with E-state index in [0.717, 1.165) is 8.66 Å². The monoisotopic (exact) mass is 299 g/mol. The molecule has 5 heteroatoms. The lowest BCUT2D eigenvalue weighted by Gasteiger charge is -2.25. The molecule has 1 heterocycles. The van der Waals surface area contributed by atoms with Crippen LogP contribution in [0.5, 0.6) is 0 Å². The van der Waals surface area contributed by atoms with Gasteiger partial charge >= 0.3 is 0 Å². The number of alkyl halides is 1. The fourth-order valence-electron chi connectivity index (χ4n) is 1.33. The van der Waals surface area contributed by atoms with Gasteiger partial charge in [0.1, 0.15) is 5.67 Å². The predicted octanol–water partition coefficient (Wildman–Crippen LogP) is 4.17. The van der Waals surface area contributed by atoms with Gasteiger partial charge in [-0.2, -0.15) is 0 Å². The van der Waals surface area contributed by atoms with Gasteiger partial charge < -0.3 is 5.32 Å². The first-order chi connectivity index (χ1) is 6.36. The maximum atomic E-state index is 13.8. The Balaban J connectivity index is 3.01. The number of halogens is 3. The fraction of sp³-hybridized carbons (Fsp3) is 0.556. The van der Waals surface area contributed by atoms with E-state index in [2.05, 4.69) is 21.2 Å². The van der Waals surface area contributed by atoms with E-state index in [1.165, 1.54) is 11.3 Å². The number of nitrogens with one attached hydrogen (secondary N) is 1. The van der Waals surface area contributed by atoms with Crippen molar-refractivity contribution in [3.63, 3.8) is 0 Å². The van der Waals surface area contributed by atoms with E-state index < -0.39 is 5.67 Å². The Morgan fingerprint density at radius 3 is 2.50 bits per heavy atom. The Hall–Kier alpha value is 0.360. The number of thiophene rings is 1. The molecule has 0 aliphatic heterocycles. The molecule has 0 bridgehead atoms. The van der Waals surface area contributed by atoms with Gasteiger partial charge in [0.25, 0.3) is 0 Å². The Kier molecular flexibility index (Phi) is 3.97. The third-order valence-electron chi connectivity index (χ3n) is 1.92. The van der Waals surface area contributed by atoms with Gasteiger partial charge in [-0.1, -0.05) is 11.6 Å². The molecule has 1 nitrogen and oxygen atoms in total. The van der Waals surface area contributed by atoms with E-state index in [1.54, 1.807) is 27.0 Å². The summed E-state index contributed by atoms with van der Waals surface area (Å²) in [5.74, 6) is 0. The number of rotatable bonds is 3. The number of hydrogen-bond donors (Lipinski definition) is 1. The van der Waals surface area contributed by atoms with Crippen LogP contribution in [0.25, 0.3) is 0 Å². The second-order valence-electron chi connectivity index (χ2n) is 3.56. The molecule has 80 valence electrons. The molecule has 14 heavy (non-hydrogen) atoms. The van der Waals surface area contributed by atoms with Gasteiger partial charge in [0, 0.05) is 4.88 Å². The van der Waals surface area contributed by atoms with Gasteiger partial charge in [-0.15, -0.1) is 11.3 Å². The Morgan fingerprint density at radius 1 is 1.64 bits per heavy atom. The highest BCUT2D eigenvalue weighted by molar-refractivity contribution is 9.11. The molecule has 0 fully saturated rings. The molecule has 1 aromatic rings. The summed E-state index contributed by atoms with van der Waals surface area (Å²) in [7, 11) is 1.74. The molecular weight excluding hydrogens is 289 g/mol. The molecule has 1 atom stereocenters. The van der Waals surface area contributed by atoms with Crippen LogP contribution in [0.2, 0.25) is 5.02 Å². The van der Waals surface area contributed by atoms with Crippen molar-refractivity contribution in [1.29, 1.82) is 0 Å². The van der Waals surface area contributed by atoms with Crippen LogP contribution in [0.15, 0.2) is 9.85 Å². The van der Waals surface area contributed by atoms with Gasteiger partial charge in [0.2, 0.25) is 0 Å². The molecule has 1 aromatic heterocycles. The summed E-state index contributed by atoms with van der Waals surface area (Å²) in [6, 6.07) is 1.47. The minimum absolute atomic E-state index is 0.323. The first-order valence-corrected chi connectivity index (χ1v) is 6.16. The molecule has 0 aromatic carbocycles. The van der Waals surface area contributed by atoms with Crippen LogP contribution in [0.3, 0.4) is 0 Å². The summed E-state index contributed by atoms with van der Waals surface area (Å²) in [6.45, 7) is 3.10. The predicted molar refractivity (Wildman–Crippen MR) is 64.0 cm³/mol. The van der Waals surface area contributed by atoms with Crippen LogP contribution in [0.4, 0.5) is 4.39 Å². The van der Waals surface area contributed by atoms with Crippen LogP contribution >= 0.6 is 38.9 Å². The average molecular weight is 301 g/mol. The Morgan fingerprint density at radius 2 is 2.21 bits per heavy atom. The zero-order valence-corrected chi connectivity index (χ0v) is 11.4. The van der Waals surface area contributed by atoms with Gasteiger partial charge in [-0.25, -0.2) is 4.39 Å². The van der Waals surface area contributed by atoms with Crippen LogP contribution in [-0.4, -0.2) is 12.7 Å². The topological polar surface area (TPSA) is 12.0 Å². The van der Waals surface area contributed by atoms with Crippen molar-refractivity contribution in [2.45, 2.75) is 25.6 Å². The van der Waals surface area contributed by atoms with Crippen LogP contribution in [0.1, 0.15) is 24.8 Å². The van der Waals surface area contributed by atoms with Gasteiger partial charge in [-0.3, -0.25) is 0 Å².